The number of sulfonamides is 1. The maximum atomic E-state index is 13.1. The van der Waals surface area contributed by atoms with E-state index in [4.69, 9.17) is 14.2 Å². The molecule has 1 saturated carbocycles. The number of ether oxygens (including phenoxy) is 3. The van der Waals surface area contributed by atoms with Gasteiger partial charge in [-0.05, 0) is 25.0 Å². The molecule has 6 nitrogen and oxygen atoms in total. The van der Waals surface area contributed by atoms with E-state index in [-0.39, 0.29) is 17.0 Å². The summed E-state index contributed by atoms with van der Waals surface area (Å²) >= 11 is 0. The number of fused-ring (bicyclic) bond motifs is 1. The molecule has 2 fully saturated rings. The van der Waals surface area contributed by atoms with Gasteiger partial charge in [0.15, 0.2) is 11.5 Å². The minimum atomic E-state index is -3.57. The Morgan fingerprint density at radius 3 is 2.61 bits per heavy atom. The number of morpholine rings is 1. The molecule has 0 aromatic heterocycles. The van der Waals surface area contributed by atoms with Crippen molar-refractivity contribution in [3.05, 3.63) is 18.2 Å². The van der Waals surface area contributed by atoms with Crippen LogP contribution in [0.4, 0.5) is 0 Å². The molecule has 2 atom stereocenters. The maximum absolute atomic E-state index is 13.1. The van der Waals surface area contributed by atoms with Gasteiger partial charge in [-0.1, -0.05) is 12.8 Å². The summed E-state index contributed by atoms with van der Waals surface area (Å²) in [4.78, 5) is 0.237. The highest BCUT2D eigenvalue weighted by Crippen LogP contribution is 2.35. The second-order valence-corrected chi connectivity index (χ2v) is 7.78. The van der Waals surface area contributed by atoms with Crippen molar-refractivity contribution in [2.75, 3.05) is 27.4 Å². The van der Waals surface area contributed by atoms with Crippen LogP contribution in [0.5, 0.6) is 11.5 Å². The van der Waals surface area contributed by atoms with Gasteiger partial charge in [-0.2, -0.15) is 4.31 Å². The van der Waals surface area contributed by atoms with Crippen molar-refractivity contribution in [1.82, 2.24) is 4.31 Å². The van der Waals surface area contributed by atoms with Gasteiger partial charge in [0.25, 0.3) is 0 Å². The molecule has 23 heavy (non-hydrogen) atoms. The van der Waals surface area contributed by atoms with Crippen molar-refractivity contribution in [3.63, 3.8) is 0 Å². The van der Waals surface area contributed by atoms with E-state index < -0.39 is 10.0 Å². The molecule has 1 aliphatic carbocycles. The van der Waals surface area contributed by atoms with Gasteiger partial charge >= 0.3 is 0 Å². The molecular weight excluding hydrogens is 318 g/mol. The third-order valence-electron chi connectivity index (χ3n) is 4.64. The largest absolute Gasteiger partial charge is 0.493 e. The standard InChI is InChI=1S/C16H23NO5S/c1-20-15-8-7-12(11-16(15)21-2)23(18,19)17-9-10-22-14-6-4-3-5-13(14)17/h7-8,11,13-14H,3-6,9-10H2,1-2H3/t13-,14+/m1/s1. The van der Waals surface area contributed by atoms with Crippen molar-refractivity contribution in [2.45, 2.75) is 42.7 Å². The fourth-order valence-electron chi connectivity index (χ4n) is 3.47. The lowest BCUT2D eigenvalue weighted by Crippen LogP contribution is -2.54. The molecule has 7 heteroatoms. The monoisotopic (exact) mass is 341 g/mol. The predicted octanol–water partition coefficient (Wildman–Crippen LogP) is 2.04. The molecule has 1 aromatic rings. The number of rotatable bonds is 4. The van der Waals surface area contributed by atoms with E-state index in [0.717, 1.165) is 25.7 Å². The highest BCUT2D eigenvalue weighted by Gasteiger charge is 2.41. The first-order valence-corrected chi connectivity index (χ1v) is 9.37. The molecule has 1 heterocycles. The molecule has 0 N–H and O–H groups in total. The molecule has 0 amide bonds. The first kappa shape index (κ1) is 16.5. The zero-order valence-corrected chi connectivity index (χ0v) is 14.3. The Hall–Kier alpha value is -1.31. The van der Waals surface area contributed by atoms with Crippen LogP contribution in [0.1, 0.15) is 25.7 Å². The lowest BCUT2D eigenvalue weighted by atomic mass is 9.91. The van der Waals surface area contributed by atoms with Crippen molar-refractivity contribution in [2.24, 2.45) is 0 Å². The molecule has 1 aromatic carbocycles. The van der Waals surface area contributed by atoms with Crippen LogP contribution in [0, 0.1) is 0 Å². The Labute approximate surface area is 137 Å². The normalized spacial score (nSPS) is 25.7. The first-order valence-electron chi connectivity index (χ1n) is 7.93. The quantitative estimate of drug-likeness (QED) is 0.838. The van der Waals surface area contributed by atoms with Crippen LogP contribution in [0.2, 0.25) is 0 Å². The molecule has 0 spiro atoms. The van der Waals surface area contributed by atoms with E-state index in [9.17, 15) is 8.42 Å². The topological polar surface area (TPSA) is 65.1 Å². The lowest BCUT2D eigenvalue weighted by Gasteiger charge is -2.42. The van der Waals surface area contributed by atoms with Crippen LogP contribution in [0.25, 0.3) is 0 Å². The van der Waals surface area contributed by atoms with Gasteiger partial charge < -0.3 is 14.2 Å². The summed E-state index contributed by atoms with van der Waals surface area (Å²) in [6.07, 6.45) is 3.96. The zero-order valence-electron chi connectivity index (χ0n) is 13.5. The molecule has 0 bridgehead atoms. The highest BCUT2D eigenvalue weighted by molar-refractivity contribution is 7.89. The Morgan fingerprint density at radius 2 is 1.87 bits per heavy atom. The highest BCUT2D eigenvalue weighted by atomic mass is 32.2. The summed E-state index contributed by atoms with van der Waals surface area (Å²) in [5.41, 5.74) is 0. The van der Waals surface area contributed by atoms with Crippen molar-refractivity contribution in [3.8, 4) is 11.5 Å². The lowest BCUT2D eigenvalue weighted by molar-refractivity contribution is -0.0586. The van der Waals surface area contributed by atoms with Crippen LogP contribution in [-0.4, -0.2) is 52.2 Å². The third-order valence-corrected chi connectivity index (χ3v) is 6.56. The average molecular weight is 341 g/mol. The summed E-state index contributed by atoms with van der Waals surface area (Å²) in [6.45, 7) is 0.853. The summed E-state index contributed by atoms with van der Waals surface area (Å²) in [5.74, 6) is 0.936. The second-order valence-electron chi connectivity index (χ2n) is 5.89. The molecular formula is C16H23NO5S. The average Bonchev–Trinajstić information content (AvgIpc) is 2.60. The summed E-state index contributed by atoms with van der Waals surface area (Å²) in [7, 11) is -0.544. The minimum absolute atomic E-state index is 0.0208. The van der Waals surface area contributed by atoms with E-state index in [0.29, 0.717) is 24.7 Å². The molecule has 3 rings (SSSR count). The Morgan fingerprint density at radius 1 is 1.13 bits per heavy atom. The van der Waals surface area contributed by atoms with Gasteiger partial charge in [0.2, 0.25) is 10.0 Å². The molecule has 1 aliphatic heterocycles. The molecule has 2 aliphatic rings. The van der Waals surface area contributed by atoms with E-state index >= 15 is 0 Å². The Bertz CT molecular complexity index is 658. The van der Waals surface area contributed by atoms with Crippen molar-refractivity contribution < 1.29 is 22.6 Å². The van der Waals surface area contributed by atoms with E-state index in [2.05, 4.69) is 0 Å². The maximum Gasteiger partial charge on any atom is 0.243 e. The first-order chi connectivity index (χ1) is 11.1. The van der Waals surface area contributed by atoms with Crippen LogP contribution in [0.15, 0.2) is 23.1 Å². The van der Waals surface area contributed by atoms with Gasteiger partial charge in [-0.25, -0.2) is 8.42 Å². The fourth-order valence-corrected chi connectivity index (χ4v) is 5.15. The smallest absolute Gasteiger partial charge is 0.243 e. The van der Waals surface area contributed by atoms with Gasteiger partial charge in [0.1, 0.15) is 0 Å². The van der Waals surface area contributed by atoms with E-state index in [1.165, 1.54) is 20.3 Å². The Kier molecular flexibility index (Phi) is 4.79. The van der Waals surface area contributed by atoms with Crippen LogP contribution in [0.3, 0.4) is 0 Å². The third kappa shape index (κ3) is 3.05. The number of methoxy groups -OCH3 is 2. The number of hydrogen-bond donors (Lipinski definition) is 0. The predicted molar refractivity (Wildman–Crippen MR) is 85.4 cm³/mol. The fraction of sp³-hybridized carbons (Fsp3) is 0.625. The zero-order chi connectivity index (χ0) is 16.4. The van der Waals surface area contributed by atoms with Crippen LogP contribution in [-0.2, 0) is 14.8 Å². The van der Waals surface area contributed by atoms with Gasteiger partial charge in [0, 0.05) is 12.6 Å². The summed E-state index contributed by atoms with van der Waals surface area (Å²) in [6, 6.07) is 4.67. The number of benzene rings is 1. The second kappa shape index (κ2) is 6.67. The minimum Gasteiger partial charge on any atom is -0.493 e. The van der Waals surface area contributed by atoms with E-state index in [1.807, 2.05) is 0 Å². The van der Waals surface area contributed by atoms with Gasteiger partial charge in [0.05, 0.1) is 37.9 Å². The summed E-state index contributed by atoms with van der Waals surface area (Å²) < 4.78 is 44.0. The van der Waals surface area contributed by atoms with E-state index in [1.54, 1.807) is 16.4 Å². The number of hydrogen-bond acceptors (Lipinski definition) is 5. The van der Waals surface area contributed by atoms with Gasteiger partial charge in [-0.3, -0.25) is 0 Å². The van der Waals surface area contributed by atoms with Crippen molar-refractivity contribution >= 4 is 10.0 Å². The van der Waals surface area contributed by atoms with Crippen LogP contribution >= 0.6 is 0 Å². The Balaban J connectivity index is 1.94. The SMILES string of the molecule is COc1ccc(S(=O)(=O)N2CCO[C@H]3CCCC[C@H]32)cc1OC. The summed E-state index contributed by atoms with van der Waals surface area (Å²) in [5, 5.41) is 0. The van der Waals surface area contributed by atoms with Crippen molar-refractivity contribution in [1.29, 1.82) is 0 Å². The molecule has 128 valence electrons. The molecule has 1 saturated heterocycles. The molecule has 0 radical (unpaired) electrons. The molecule has 0 unspecified atom stereocenters. The van der Waals surface area contributed by atoms with Gasteiger partial charge in [-0.15, -0.1) is 0 Å². The van der Waals surface area contributed by atoms with Crippen LogP contribution < -0.4 is 9.47 Å². The number of nitrogens with zero attached hydrogens (tertiary/aromatic N) is 1.